The summed E-state index contributed by atoms with van der Waals surface area (Å²) in [5.74, 6) is 1.19. The Labute approximate surface area is 184 Å². The minimum Gasteiger partial charge on any atom is -0.493 e. The number of ether oxygens (including phenoxy) is 2. The number of likely N-dealkylation sites (tertiary alicyclic amines) is 1. The second-order valence-electron chi connectivity index (χ2n) is 7.18. The highest BCUT2D eigenvalue weighted by Crippen LogP contribution is 2.33. The fourth-order valence-corrected chi connectivity index (χ4v) is 4.25. The Morgan fingerprint density at radius 1 is 1.16 bits per heavy atom. The molecule has 1 fully saturated rings. The van der Waals surface area contributed by atoms with Crippen molar-refractivity contribution in [3.8, 4) is 22.8 Å². The van der Waals surface area contributed by atoms with E-state index in [0.29, 0.717) is 35.2 Å². The number of thiazole rings is 1. The Bertz CT molecular complexity index is 1110. The Kier molecular flexibility index (Phi) is 6.18. The number of nitrogens with zero attached hydrogens (tertiary/aromatic N) is 2. The largest absolute Gasteiger partial charge is 0.493 e. The second-order valence-corrected chi connectivity index (χ2v) is 8.04. The highest BCUT2D eigenvalue weighted by Gasteiger charge is 2.20. The number of hydrogen-bond acceptors (Lipinski definition) is 6. The van der Waals surface area contributed by atoms with Gasteiger partial charge in [-0.2, -0.15) is 0 Å². The summed E-state index contributed by atoms with van der Waals surface area (Å²) in [6.07, 6.45) is 1.50. The molecule has 2 aromatic carbocycles. The molecule has 0 unspecified atom stereocenters. The summed E-state index contributed by atoms with van der Waals surface area (Å²) in [6, 6.07) is 12.9. The molecule has 0 spiro atoms. The summed E-state index contributed by atoms with van der Waals surface area (Å²) in [5.41, 5.74) is 3.08. The van der Waals surface area contributed by atoms with Gasteiger partial charge in [-0.3, -0.25) is 14.9 Å². The van der Waals surface area contributed by atoms with Crippen molar-refractivity contribution in [2.45, 2.75) is 19.4 Å². The van der Waals surface area contributed by atoms with Crippen molar-refractivity contribution in [2.75, 3.05) is 26.1 Å². The molecule has 0 bridgehead atoms. The standard InChI is InChI=1S/C23H23N3O4S/c1-29-19-9-8-16(12-20(19)30-2)18-14-31-23(24-18)25-22(28)17-6-3-5-15(11-17)13-26-10-4-7-21(26)27/h3,5-6,8-9,11-12,14H,4,7,10,13H2,1-2H3,(H,24,25,28). The molecular weight excluding hydrogens is 414 g/mol. The van der Waals surface area contributed by atoms with Gasteiger partial charge in [-0.1, -0.05) is 12.1 Å². The van der Waals surface area contributed by atoms with E-state index < -0.39 is 0 Å². The number of rotatable bonds is 7. The molecule has 1 N–H and O–H groups in total. The van der Waals surface area contributed by atoms with Crippen LogP contribution in [0.3, 0.4) is 0 Å². The molecule has 1 aromatic heterocycles. The van der Waals surface area contributed by atoms with Crippen LogP contribution in [0, 0.1) is 0 Å². The Morgan fingerprint density at radius 2 is 2.00 bits per heavy atom. The van der Waals surface area contributed by atoms with Gasteiger partial charge < -0.3 is 14.4 Å². The molecule has 0 radical (unpaired) electrons. The molecule has 1 saturated heterocycles. The molecule has 1 aliphatic rings. The van der Waals surface area contributed by atoms with Gasteiger partial charge in [0.15, 0.2) is 16.6 Å². The first-order chi connectivity index (χ1) is 15.1. The molecule has 0 atom stereocenters. The topological polar surface area (TPSA) is 80.8 Å². The van der Waals surface area contributed by atoms with Crippen molar-refractivity contribution in [3.05, 3.63) is 59.0 Å². The SMILES string of the molecule is COc1ccc(-c2csc(NC(=O)c3cccc(CN4CCCC4=O)c3)n2)cc1OC. The first-order valence-corrected chi connectivity index (χ1v) is 10.8. The average Bonchev–Trinajstić information content (AvgIpc) is 3.42. The number of carbonyl (C=O) groups is 2. The lowest BCUT2D eigenvalue weighted by Crippen LogP contribution is -2.24. The fraction of sp³-hybridized carbons (Fsp3) is 0.261. The van der Waals surface area contributed by atoms with E-state index in [1.54, 1.807) is 20.3 Å². The molecular formula is C23H23N3O4S. The monoisotopic (exact) mass is 437 g/mol. The normalized spacial score (nSPS) is 13.4. The number of benzene rings is 2. The second kappa shape index (κ2) is 9.18. The van der Waals surface area contributed by atoms with Crippen LogP contribution in [-0.2, 0) is 11.3 Å². The zero-order chi connectivity index (χ0) is 21.8. The van der Waals surface area contributed by atoms with Crippen molar-refractivity contribution in [1.82, 2.24) is 9.88 Å². The van der Waals surface area contributed by atoms with Gasteiger partial charge in [-0.15, -0.1) is 11.3 Å². The lowest BCUT2D eigenvalue weighted by Gasteiger charge is -2.15. The lowest BCUT2D eigenvalue weighted by atomic mass is 10.1. The van der Waals surface area contributed by atoms with Crippen molar-refractivity contribution in [3.63, 3.8) is 0 Å². The van der Waals surface area contributed by atoms with Crippen LogP contribution in [0.2, 0.25) is 0 Å². The van der Waals surface area contributed by atoms with Crippen LogP contribution in [0.4, 0.5) is 5.13 Å². The number of aromatic nitrogens is 1. The summed E-state index contributed by atoms with van der Waals surface area (Å²) in [7, 11) is 3.17. The van der Waals surface area contributed by atoms with Gasteiger partial charge >= 0.3 is 0 Å². The molecule has 3 aromatic rings. The molecule has 31 heavy (non-hydrogen) atoms. The Hall–Kier alpha value is -3.39. The highest BCUT2D eigenvalue weighted by atomic mass is 32.1. The number of nitrogens with one attached hydrogen (secondary N) is 1. The molecule has 8 heteroatoms. The van der Waals surface area contributed by atoms with E-state index in [2.05, 4.69) is 10.3 Å². The third kappa shape index (κ3) is 4.69. The summed E-state index contributed by atoms with van der Waals surface area (Å²) >= 11 is 1.35. The number of hydrogen-bond donors (Lipinski definition) is 1. The van der Waals surface area contributed by atoms with Crippen LogP contribution in [0.5, 0.6) is 11.5 Å². The summed E-state index contributed by atoms with van der Waals surface area (Å²) in [5, 5.41) is 5.25. The molecule has 1 aliphatic heterocycles. The van der Waals surface area contributed by atoms with Crippen LogP contribution >= 0.6 is 11.3 Å². The molecule has 2 amide bonds. The number of methoxy groups -OCH3 is 2. The fourth-order valence-electron chi connectivity index (χ4n) is 3.53. The first-order valence-electron chi connectivity index (χ1n) is 9.93. The number of carbonyl (C=O) groups excluding carboxylic acids is 2. The van der Waals surface area contributed by atoms with Gasteiger partial charge in [-0.25, -0.2) is 4.98 Å². The van der Waals surface area contributed by atoms with Crippen LogP contribution in [0.1, 0.15) is 28.8 Å². The van der Waals surface area contributed by atoms with Crippen molar-refractivity contribution < 1.29 is 19.1 Å². The maximum atomic E-state index is 12.7. The third-order valence-electron chi connectivity index (χ3n) is 5.14. The van der Waals surface area contributed by atoms with E-state index in [4.69, 9.17) is 9.47 Å². The molecule has 160 valence electrons. The summed E-state index contributed by atoms with van der Waals surface area (Å²) in [4.78, 5) is 31.0. The van der Waals surface area contributed by atoms with Gasteiger partial charge in [0.25, 0.3) is 5.91 Å². The third-order valence-corrected chi connectivity index (χ3v) is 5.90. The van der Waals surface area contributed by atoms with E-state index in [-0.39, 0.29) is 11.8 Å². The molecule has 4 rings (SSSR count). The maximum absolute atomic E-state index is 12.7. The summed E-state index contributed by atoms with van der Waals surface area (Å²) in [6.45, 7) is 1.30. The molecule has 2 heterocycles. The van der Waals surface area contributed by atoms with Crippen molar-refractivity contribution in [1.29, 1.82) is 0 Å². The minimum absolute atomic E-state index is 0.167. The van der Waals surface area contributed by atoms with Crippen molar-refractivity contribution in [2.24, 2.45) is 0 Å². The molecule has 0 aliphatic carbocycles. The smallest absolute Gasteiger partial charge is 0.257 e. The zero-order valence-electron chi connectivity index (χ0n) is 17.4. The van der Waals surface area contributed by atoms with Crippen LogP contribution in [0.15, 0.2) is 47.8 Å². The number of amides is 2. The maximum Gasteiger partial charge on any atom is 0.257 e. The summed E-state index contributed by atoms with van der Waals surface area (Å²) < 4.78 is 10.6. The van der Waals surface area contributed by atoms with Gasteiger partial charge in [0.2, 0.25) is 5.91 Å². The van der Waals surface area contributed by atoms with Crippen LogP contribution in [0.25, 0.3) is 11.3 Å². The highest BCUT2D eigenvalue weighted by molar-refractivity contribution is 7.14. The van der Waals surface area contributed by atoms with E-state index >= 15 is 0 Å². The van der Waals surface area contributed by atoms with Gasteiger partial charge in [0, 0.05) is 36.0 Å². The van der Waals surface area contributed by atoms with Crippen LogP contribution < -0.4 is 14.8 Å². The average molecular weight is 438 g/mol. The van der Waals surface area contributed by atoms with Gasteiger partial charge in [-0.05, 0) is 42.3 Å². The minimum atomic E-state index is -0.234. The van der Waals surface area contributed by atoms with Crippen LogP contribution in [-0.4, -0.2) is 42.5 Å². The Morgan fingerprint density at radius 3 is 2.74 bits per heavy atom. The van der Waals surface area contributed by atoms with E-state index in [1.807, 2.05) is 46.7 Å². The number of anilines is 1. The first kappa shape index (κ1) is 20.9. The zero-order valence-corrected chi connectivity index (χ0v) is 18.2. The predicted molar refractivity (Wildman–Crippen MR) is 120 cm³/mol. The Balaban J connectivity index is 1.46. The quantitative estimate of drug-likeness (QED) is 0.599. The lowest BCUT2D eigenvalue weighted by molar-refractivity contribution is -0.128. The van der Waals surface area contributed by atoms with Gasteiger partial charge in [0.05, 0.1) is 19.9 Å². The van der Waals surface area contributed by atoms with E-state index in [1.165, 1.54) is 11.3 Å². The van der Waals surface area contributed by atoms with Crippen molar-refractivity contribution >= 4 is 28.3 Å². The van der Waals surface area contributed by atoms with E-state index in [0.717, 1.165) is 29.8 Å². The predicted octanol–water partition coefficient (Wildman–Crippen LogP) is 4.20. The van der Waals surface area contributed by atoms with E-state index in [9.17, 15) is 9.59 Å². The molecule has 0 saturated carbocycles. The van der Waals surface area contributed by atoms with Gasteiger partial charge in [0.1, 0.15) is 0 Å². The molecule has 7 nitrogen and oxygen atoms in total.